The molecule has 0 aromatic heterocycles. The molecular formula is C14H11FNO4S-. The summed E-state index contributed by atoms with van der Waals surface area (Å²) in [6, 6.07) is 8.48. The van der Waals surface area contributed by atoms with E-state index < -0.39 is 21.8 Å². The van der Waals surface area contributed by atoms with E-state index in [1.54, 1.807) is 6.92 Å². The van der Waals surface area contributed by atoms with Crippen molar-refractivity contribution in [2.45, 2.75) is 11.8 Å². The van der Waals surface area contributed by atoms with Crippen molar-refractivity contribution in [2.75, 3.05) is 4.72 Å². The van der Waals surface area contributed by atoms with E-state index in [-0.39, 0.29) is 16.1 Å². The standard InChI is InChI=1S/C14H12FNO4S/c1-9-2-7-12(15)13(8-9)16-21(19,20)11-5-3-10(4-6-11)14(17)18/h2-8,16H,1H3,(H,17,18)/p-1. The number of hydrogen-bond acceptors (Lipinski definition) is 4. The second-order valence-corrected chi connectivity index (χ2v) is 6.08. The van der Waals surface area contributed by atoms with E-state index in [9.17, 15) is 22.7 Å². The fourth-order valence-corrected chi connectivity index (χ4v) is 2.75. The predicted octanol–water partition coefficient (Wildman–Crippen LogP) is 1.30. The number of hydrogen-bond donors (Lipinski definition) is 1. The summed E-state index contributed by atoms with van der Waals surface area (Å²) >= 11 is 0. The molecule has 0 fully saturated rings. The maximum atomic E-state index is 13.6. The van der Waals surface area contributed by atoms with Gasteiger partial charge in [0.15, 0.2) is 0 Å². The number of carbonyl (C=O) groups excluding carboxylic acids is 1. The summed E-state index contributed by atoms with van der Waals surface area (Å²) in [6.07, 6.45) is 0. The Balaban J connectivity index is 2.34. The average Bonchev–Trinajstić information content (AvgIpc) is 2.43. The van der Waals surface area contributed by atoms with Crippen molar-refractivity contribution in [1.29, 1.82) is 0 Å². The quantitative estimate of drug-likeness (QED) is 0.922. The van der Waals surface area contributed by atoms with Crippen LogP contribution in [-0.4, -0.2) is 14.4 Å². The molecule has 110 valence electrons. The Labute approximate surface area is 121 Å². The topological polar surface area (TPSA) is 86.3 Å². The molecule has 0 aliphatic carbocycles. The zero-order chi connectivity index (χ0) is 15.6. The van der Waals surface area contributed by atoms with E-state index in [1.165, 1.54) is 12.1 Å². The van der Waals surface area contributed by atoms with Gasteiger partial charge in [0.05, 0.1) is 16.6 Å². The number of carbonyl (C=O) groups is 1. The summed E-state index contributed by atoms with van der Waals surface area (Å²) in [5.41, 5.74) is 0.385. The van der Waals surface area contributed by atoms with Gasteiger partial charge < -0.3 is 9.90 Å². The Morgan fingerprint density at radius 3 is 2.33 bits per heavy atom. The van der Waals surface area contributed by atoms with E-state index in [4.69, 9.17) is 0 Å². The Hall–Kier alpha value is -2.41. The number of benzene rings is 2. The lowest BCUT2D eigenvalue weighted by Crippen LogP contribution is -2.22. The molecule has 0 amide bonds. The third-order valence-electron chi connectivity index (χ3n) is 2.77. The number of anilines is 1. The van der Waals surface area contributed by atoms with Crippen LogP contribution in [0.3, 0.4) is 0 Å². The van der Waals surface area contributed by atoms with Crippen LogP contribution in [0.2, 0.25) is 0 Å². The molecule has 2 rings (SSSR count). The number of nitrogens with one attached hydrogen (secondary N) is 1. The van der Waals surface area contributed by atoms with E-state index in [1.807, 2.05) is 0 Å². The van der Waals surface area contributed by atoms with Gasteiger partial charge in [-0.25, -0.2) is 12.8 Å². The van der Waals surface area contributed by atoms with Gasteiger partial charge in [-0.3, -0.25) is 4.72 Å². The third kappa shape index (κ3) is 3.38. The van der Waals surface area contributed by atoms with Gasteiger partial charge in [0.25, 0.3) is 10.0 Å². The van der Waals surface area contributed by atoms with Crippen LogP contribution in [0.5, 0.6) is 0 Å². The molecule has 21 heavy (non-hydrogen) atoms. The molecule has 0 saturated carbocycles. The first kappa shape index (κ1) is 15.0. The third-order valence-corrected chi connectivity index (χ3v) is 4.15. The van der Waals surface area contributed by atoms with Crippen LogP contribution in [0.4, 0.5) is 10.1 Å². The molecule has 0 radical (unpaired) electrons. The minimum Gasteiger partial charge on any atom is -0.545 e. The van der Waals surface area contributed by atoms with Crippen molar-refractivity contribution in [1.82, 2.24) is 0 Å². The second-order valence-electron chi connectivity index (χ2n) is 4.40. The van der Waals surface area contributed by atoms with Gasteiger partial charge in [-0.2, -0.15) is 0 Å². The fourth-order valence-electron chi connectivity index (χ4n) is 1.69. The molecule has 0 aliphatic heterocycles. The van der Waals surface area contributed by atoms with Crippen LogP contribution >= 0.6 is 0 Å². The average molecular weight is 308 g/mol. The highest BCUT2D eigenvalue weighted by Crippen LogP contribution is 2.20. The molecule has 0 bridgehead atoms. The van der Waals surface area contributed by atoms with E-state index in [0.717, 1.165) is 30.3 Å². The molecule has 0 spiro atoms. The van der Waals surface area contributed by atoms with Gasteiger partial charge in [-0.15, -0.1) is 0 Å². The summed E-state index contributed by atoms with van der Waals surface area (Å²) in [5.74, 6) is -2.10. The maximum absolute atomic E-state index is 13.6. The normalized spacial score (nSPS) is 11.1. The number of halogens is 1. The Morgan fingerprint density at radius 2 is 1.76 bits per heavy atom. The van der Waals surface area contributed by atoms with E-state index >= 15 is 0 Å². The van der Waals surface area contributed by atoms with Crippen LogP contribution in [0.1, 0.15) is 15.9 Å². The summed E-state index contributed by atoms with van der Waals surface area (Å²) in [4.78, 5) is 10.4. The van der Waals surface area contributed by atoms with Gasteiger partial charge >= 0.3 is 0 Å². The van der Waals surface area contributed by atoms with Crippen molar-refractivity contribution in [2.24, 2.45) is 0 Å². The van der Waals surface area contributed by atoms with Crippen molar-refractivity contribution >= 4 is 21.7 Å². The fraction of sp³-hybridized carbons (Fsp3) is 0.0714. The van der Waals surface area contributed by atoms with Crippen molar-refractivity contribution < 1.29 is 22.7 Å². The zero-order valence-electron chi connectivity index (χ0n) is 11.0. The van der Waals surface area contributed by atoms with Crippen LogP contribution in [0, 0.1) is 12.7 Å². The SMILES string of the molecule is Cc1ccc(F)c(NS(=O)(=O)c2ccc(C(=O)[O-])cc2)c1. The first-order valence-electron chi connectivity index (χ1n) is 5.90. The molecule has 0 aliphatic rings. The second kappa shape index (κ2) is 5.53. The number of carboxylic acid groups (broad SMARTS) is 1. The Kier molecular flexibility index (Phi) is 3.95. The molecule has 0 saturated heterocycles. The van der Waals surface area contributed by atoms with Gasteiger partial charge in [0.1, 0.15) is 5.82 Å². The molecular weight excluding hydrogens is 297 g/mol. The smallest absolute Gasteiger partial charge is 0.261 e. The molecule has 2 aromatic rings. The van der Waals surface area contributed by atoms with Gasteiger partial charge in [0, 0.05) is 0 Å². The summed E-state index contributed by atoms with van der Waals surface area (Å²) in [6.45, 7) is 1.70. The maximum Gasteiger partial charge on any atom is 0.261 e. The number of sulfonamides is 1. The number of aromatic carboxylic acids is 1. The zero-order valence-corrected chi connectivity index (χ0v) is 11.8. The molecule has 1 N–H and O–H groups in total. The highest BCUT2D eigenvalue weighted by molar-refractivity contribution is 7.92. The minimum absolute atomic E-state index is 0.143. The summed E-state index contributed by atoms with van der Waals surface area (Å²) in [7, 11) is -4.00. The Bertz CT molecular complexity index is 785. The lowest BCUT2D eigenvalue weighted by atomic mass is 10.2. The van der Waals surface area contributed by atoms with Gasteiger partial charge in [0.2, 0.25) is 0 Å². The highest BCUT2D eigenvalue weighted by atomic mass is 32.2. The molecule has 5 nitrogen and oxygen atoms in total. The number of rotatable bonds is 4. The molecule has 2 aromatic carbocycles. The summed E-state index contributed by atoms with van der Waals surface area (Å²) in [5, 5.41) is 10.6. The van der Waals surface area contributed by atoms with Crippen molar-refractivity contribution in [3.63, 3.8) is 0 Å². The first-order chi connectivity index (χ1) is 9.79. The lowest BCUT2D eigenvalue weighted by Gasteiger charge is -2.10. The summed E-state index contributed by atoms with van der Waals surface area (Å²) < 4.78 is 39.9. The van der Waals surface area contributed by atoms with E-state index in [2.05, 4.69) is 4.72 Å². The number of carboxylic acids is 1. The molecule has 0 heterocycles. The minimum atomic E-state index is -4.00. The van der Waals surface area contributed by atoms with Gasteiger partial charge in [-0.1, -0.05) is 18.2 Å². The Morgan fingerprint density at radius 1 is 1.14 bits per heavy atom. The van der Waals surface area contributed by atoms with Crippen LogP contribution in [0.25, 0.3) is 0 Å². The number of aryl methyl sites for hydroxylation is 1. The van der Waals surface area contributed by atoms with Crippen LogP contribution < -0.4 is 9.83 Å². The predicted molar refractivity (Wildman–Crippen MR) is 72.7 cm³/mol. The lowest BCUT2D eigenvalue weighted by molar-refractivity contribution is -0.255. The van der Waals surface area contributed by atoms with Gasteiger partial charge in [-0.05, 0) is 42.3 Å². The van der Waals surface area contributed by atoms with Crippen molar-refractivity contribution in [3.8, 4) is 0 Å². The first-order valence-corrected chi connectivity index (χ1v) is 7.38. The largest absolute Gasteiger partial charge is 0.545 e. The monoisotopic (exact) mass is 308 g/mol. The van der Waals surface area contributed by atoms with Crippen LogP contribution in [-0.2, 0) is 10.0 Å². The van der Waals surface area contributed by atoms with Crippen molar-refractivity contribution in [3.05, 3.63) is 59.4 Å². The highest BCUT2D eigenvalue weighted by Gasteiger charge is 2.16. The molecule has 0 atom stereocenters. The molecule has 7 heteroatoms. The van der Waals surface area contributed by atoms with Crippen LogP contribution in [0.15, 0.2) is 47.4 Å². The van der Waals surface area contributed by atoms with E-state index in [0.29, 0.717) is 5.56 Å². The molecule has 0 unspecified atom stereocenters.